The molecule has 0 heterocycles. The molecule has 0 bridgehead atoms. The minimum atomic E-state index is -2.19. The molecule has 3 aliphatic carbocycles. The number of hydrogen-bond acceptors (Lipinski definition) is 1. The van der Waals surface area contributed by atoms with Crippen molar-refractivity contribution in [1.82, 2.24) is 0 Å². The number of benzene rings is 2. The number of rotatable bonds is 6. The van der Waals surface area contributed by atoms with Gasteiger partial charge >= 0.3 is 0 Å². The Morgan fingerprint density at radius 3 is 2.66 bits per heavy atom. The predicted octanol–water partition coefficient (Wildman–Crippen LogP) is 7.55. The van der Waals surface area contributed by atoms with Gasteiger partial charge in [0.25, 0.3) is 0 Å². The van der Waals surface area contributed by atoms with Crippen molar-refractivity contribution in [2.45, 2.75) is 76.2 Å². The smallest absolute Gasteiger partial charge is 0.107 e. The van der Waals surface area contributed by atoms with E-state index in [0.29, 0.717) is 5.54 Å². The van der Waals surface area contributed by atoms with Crippen LogP contribution in [0.4, 0.5) is 0 Å². The van der Waals surface area contributed by atoms with Gasteiger partial charge in [-0.3, -0.25) is 0 Å². The Balaban J connectivity index is 1.62. The third-order valence-electron chi connectivity index (χ3n) is 8.20. The first-order valence-corrected chi connectivity index (χ1v) is 15.5. The monoisotopic (exact) mass is 440 g/mol. The quantitative estimate of drug-likeness (QED) is 0.460. The summed E-state index contributed by atoms with van der Waals surface area (Å²) in [6.07, 6.45) is 16.0. The predicted molar refractivity (Wildman–Crippen MR) is 139 cm³/mol. The molecule has 0 aliphatic heterocycles. The molecule has 0 amide bonds. The molecule has 166 valence electrons. The van der Waals surface area contributed by atoms with Gasteiger partial charge in [0.1, 0.15) is 8.07 Å². The highest BCUT2D eigenvalue weighted by molar-refractivity contribution is 6.83. The van der Waals surface area contributed by atoms with Crippen LogP contribution in [0.3, 0.4) is 0 Å². The average molecular weight is 441 g/mol. The fourth-order valence-electron chi connectivity index (χ4n) is 6.41. The van der Waals surface area contributed by atoms with Gasteiger partial charge in [-0.25, -0.2) is 0 Å². The fraction of sp³-hybridized carbons (Fsp3) is 0.400. The van der Waals surface area contributed by atoms with Gasteiger partial charge in [0.2, 0.25) is 0 Å². The summed E-state index contributed by atoms with van der Waals surface area (Å²) in [6, 6.07) is 13.5. The lowest BCUT2D eigenvalue weighted by Crippen LogP contribution is -2.55. The molecule has 2 atom stereocenters. The van der Waals surface area contributed by atoms with Crippen molar-refractivity contribution >= 4 is 14.1 Å². The van der Waals surface area contributed by atoms with Crippen LogP contribution in [0.5, 0.6) is 0 Å². The van der Waals surface area contributed by atoms with Crippen LogP contribution in [0.15, 0.2) is 65.8 Å². The summed E-state index contributed by atoms with van der Waals surface area (Å²) in [5.74, 6) is 0. The summed E-state index contributed by atoms with van der Waals surface area (Å²) in [7, 11) is -2.19. The van der Waals surface area contributed by atoms with E-state index in [0.717, 1.165) is 6.42 Å². The van der Waals surface area contributed by atoms with E-state index in [9.17, 15) is 5.11 Å². The molecule has 3 aliphatic rings. The molecule has 2 aromatic carbocycles. The van der Waals surface area contributed by atoms with Crippen molar-refractivity contribution in [2.24, 2.45) is 0 Å². The van der Waals surface area contributed by atoms with Gasteiger partial charge in [-0.15, -0.1) is 0 Å². The molecular weight excluding hydrogens is 404 g/mol. The van der Waals surface area contributed by atoms with Gasteiger partial charge < -0.3 is 5.11 Å². The van der Waals surface area contributed by atoms with Crippen LogP contribution >= 0.6 is 0 Å². The average Bonchev–Trinajstić information content (AvgIpc) is 3.48. The van der Waals surface area contributed by atoms with Crippen molar-refractivity contribution in [3.8, 4) is 11.1 Å². The molecule has 1 N–H and O–H groups in total. The Hall–Kier alpha value is -2.16. The van der Waals surface area contributed by atoms with Crippen LogP contribution in [0, 0.1) is 0 Å². The number of fused-ring (bicyclic) bond motifs is 2. The molecule has 2 aromatic rings. The molecule has 0 saturated heterocycles. The summed E-state index contributed by atoms with van der Waals surface area (Å²) in [5, 5.41) is 11.2. The van der Waals surface area contributed by atoms with Gasteiger partial charge in [0, 0.05) is 5.54 Å². The molecule has 32 heavy (non-hydrogen) atoms. The highest BCUT2D eigenvalue weighted by Crippen LogP contribution is 2.52. The first-order chi connectivity index (χ1) is 15.4. The van der Waals surface area contributed by atoms with Crippen LogP contribution in [0.2, 0.25) is 13.1 Å². The second-order valence-electron chi connectivity index (χ2n) is 10.6. The first kappa shape index (κ1) is 21.7. The fourth-order valence-corrected chi connectivity index (χ4v) is 10.2. The zero-order valence-electron chi connectivity index (χ0n) is 20.0. The van der Waals surface area contributed by atoms with Gasteiger partial charge in [-0.2, -0.15) is 0 Å². The molecular formula is C30H36OSi. The van der Waals surface area contributed by atoms with Gasteiger partial charge in [0.15, 0.2) is 0 Å². The van der Waals surface area contributed by atoms with Crippen LogP contribution in [-0.4, -0.2) is 18.4 Å². The molecule has 5 rings (SSSR count). The lowest BCUT2D eigenvalue weighted by atomic mass is 9.89. The summed E-state index contributed by atoms with van der Waals surface area (Å²) in [5.41, 5.74) is 11.8. The molecule has 2 heteroatoms. The number of allylic oxidation sites excluding steroid dienone is 3. The normalized spacial score (nSPS) is 23.8. The molecule has 2 unspecified atom stereocenters. The Morgan fingerprint density at radius 2 is 1.91 bits per heavy atom. The van der Waals surface area contributed by atoms with Crippen LogP contribution in [0.25, 0.3) is 17.2 Å². The Morgan fingerprint density at radius 1 is 1.12 bits per heavy atom. The van der Waals surface area contributed by atoms with Gasteiger partial charge in [0.05, 0.1) is 5.22 Å². The lowest BCUT2D eigenvalue weighted by Gasteiger charge is -2.42. The van der Waals surface area contributed by atoms with E-state index in [1.54, 1.807) is 5.56 Å². The maximum Gasteiger partial charge on any atom is 0.107 e. The van der Waals surface area contributed by atoms with Gasteiger partial charge in [-0.05, 0) is 84.1 Å². The van der Waals surface area contributed by atoms with E-state index in [1.165, 1.54) is 71.1 Å². The molecule has 0 saturated carbocycles. The summed E-state index contributed by atoms with van der Waals surface area (Å²) in [6.45, 7) is 9.31. The lowest BCUT2D eigenvalue weighted by molar-refractivity contribution is 0.216. The summed E-state index contributed by atoms with van der Waals surface area (Å²) >= 11 is 0. The zero-order valence-corrected chi connectivity index (χ0v) is 21.0. The third kappa shape index (κ3) is 3.31. The van der Waals surface area contributed by atoms with E-state index in [2.05, 4.69) is 87.6 Å². The van der Waals surface area contributed by atoms with E-state index < -0.39 is 13.3 Å². The topological polar surface area (TPSA) is 20.2 Å². The molecule has 1 nitrogen and oxygen atoms in total. The third-order valence-corrected chi connectivity index (χ3v) is 12.8. The maximum absolute atomic E-state index is 11.9. The SMILES string of the molecule is CCCCC1=CC(O)([Si](C)(C)C2C(C)=Cc3c2cc2c(c3-c3ccccc3)CCC2)C=C1. The van der Waals surface area contributed by atoms with E-state index in [4.69, 9.17) is 0 Å². The standard InChI is InChI=1S/C30H36OSi/c1-5-6-11-22-16-17-30(31,20-22)32(3,4)29-21(2)18-26-27(29)19-24-14-10-15-25(24)28(26)23-12-8-7-9-13-23/h7-9,12-13,16-20,29,31H,5-6,10-11,14-15H2,1-4H3. The minimum absolute atomic E-state index is 0.335. The Labute approximate surface area is 194 Å². The second kappa shape index (κ2) is 8.00. The zero-order chi connectivity index (χ0) is 22.5. The van der Waals surface area contributed by atoms with Crippen molar-refractivity contribution in [3.05, 3.63) is 88.0 Å². The van der Waals surface area contributed by atoms with Crippen molar-refractivity contribution in [1.29, 1.82) is 0 Å². The van der Waals surface area contributed by atoms with Gasteiger partial charge in [-0.1, -0.05) is 86.6 Å². The number of aryl methyl sites for hydroxylation is 1. The highest BCUT2D eigenvalue weighted by Gasteiger charge is 2.52. The molecule has 0 fully saturated rings. The number of aliphatic hydroxyl groups is 1. The van der Waals surface area contributed by atoms with Crippen molar-refractivity contribution in [3.63, 3.8) is 0 Å². The first-order valence-electron chi connectivity index (χ1n) is 12.4. The van der Waals surface area contributed by atoms with E-state index in [1.807, 2.05) is 0 Å². The van der Waals surface area contributed by atoms with E-state index >= 15 is 0 Å². The molecule has 0 aromatic heterocycles. The second-order valence-corrected chi connectivity index (χ2v) is 15.5. The van der Waals surface area contributed by atoms with Crippen LogP contribution in [0.1, 0.15) is 67.3 Å². The van der Waals surface area contributed by atoms with E-state index in [-0.39, 0.29) is 0 Å². The van der Waals surface area contributed by atoms with Crippen LogP contribution < -0.4 is 0 Å². The maximum atomic E-state index is 11.9. The molecule has 0 spiro atoms. The number of hydrogen-bond donors (Lipinski definition) is 1. The highest BCUT2D eigenvalue weighted by atomic mass is 28.3. The van der Waals surface area contributed by atoms with Crippen molar-refractivity contribution < 1.29 is 5.11 Å². The Bertz CT molecular complexity index is 1140. The van der Waals surface area contributed by atoms with Crippen molar-refractivity contribution in [2.75, 3.05) is 0 Å². The summed E-state index contributed by atoms with van der Waals surface area (Å²) in [4.78, 5) is 0. The van der Waals surface area contributed by atoms with Crippen LogP contribution in [-0.2, 0) is 12.8 Å². The summed E-state index contributed by atoms with van der Waals surface area (Å²) < 4.78 is 0. The largest absolute Gasteiger partial charge is 0.385 e. The number of unbranched alkanes of at least 4 members (excludes halogenated alkanes) is 1. The molecule has 0 radical (unpaired) electrons. The minimum Gasteiger partial charge on any atom is -0.385 e. The Kier molecular flexibility index (Phi) is 5.42.